The van der Waals surface area contributed by atoms with E-state index in [1.807, 2.05) is 31.2 Å². The van der Waals surface area contributed by atoms with Crippen LogP contribution >= 0.6 is 0 Å². The van der Waals surface area contributed by atoms with Gasteiger partial charge in [0.25, 0.3) is 0 Å². The van der Waals surface area contributed by atoms with E-state index in [0.717, 1.165) is 16.8 Å². The Hall–Kier alpha value is -1.41. The van der Waals surface area contributed by atoms with Gasteiger partial charge in [-0.3, -0.25) is 4.99 Å². The van der Waals surface area contributed by atoms with Crippen molar-refractivity contribution in [3.05, 3.63) is 36.4 Å². The highest BCUT2D eigenvalue weighted by molar-refractivity contribution is 6.03. The van der Waals surface area contributed by atoms with E-state index in [4.69, 9.17) is 0 Å². The number of para-hydroxylation sites is 1. The van der Waals surface area contributed by atoms with E-state index in [2.05, 4.69) is 11.6 Å². The van der Waals surface area contributed by atoms with Crippen molar-refractivity contribution in [3.8, 4) is 0 Å². The number of rotatable bonds is 0. The van der Waals surface area contributed by atoms with Crippen LogP contribution in [0.15, 0.2) is 35.8 Å². The Morgan fingerprint density at radius 2 is 2.08 bits per heavy atom. The number of aliphatic hydroxyl groups excluding tert-OH is 1. The molecule has 1 atom stereocenters. The van der Waals surface area contributed by atoms with Gasteiger partial charge in [0.05, 0.1) is 5.69 Å². The smallest absolute Gasteiger partial charge is 0.117 e. The fourth-order valence-corrected chi connectivity index (χ4v) is 1.49. The van der Waals surface area contributed by atoms with Crippen molar-refractivity contribution in [2.45, 2.75) is 13.0 Å². The molecule has 0 aromatic heterocycles. The van der Waals surface area contributed by atoms with Crippen LogP contribution in [0, 0.1) is 0 Å². The van der Waals surface area contributed by atoms with Gasteiger partial charge in [0.15, 0.2) is 0 Å². The van der Waals surface area contributed by atoms with E-state index in [9.17, 15) is 5.11 Å². The zero-order chi connectivity index (χ0) is 9.42. The van der Waals surface area contributed by atoms with Gasteiger partial charge in [-0.25, -0.2) is 0 Å². The molecule has 1 aliphatic heterocycles. The molecule has 1 aromatic carbocycles. The molecular formula is C11H11NO. The molecular weight excluding hydrogens is 162 g/mol. The maximum Gasteiger partial charge on any atom is 0.117 e. The first-order valence-electron chi connectivity index (χ1n) is 4.21. The summed E-state index contributed by atoms with van der Waals surface area (Å²) >= 11 is 0. The van der Waals surface area contributed by atoms with Gasteiger partial charge in [-0.15, -0.1) is 0 Å². The summed E-state index contributed by atoms with van der Waals surface area (Å²) < 4.78 is 0. The number of hydrogen-bond acceptors (Lipinski definition) is 2. The van der Waals surface area contributed by atoms with Crippen LogP contribution in [-0.2, 0) is 0 Å². The summed E-state index contributed by atoms with van der Waals surface area (Å²) in [6.07, 6.45) is -0.616. The predicted molar refractivity (Wildman–Crippen MR) is 54.3 cm³/mol. The average Bonchev–Trinajstić information content (AvgIpc) is 2.15. The van der Waals surface area contributed by atoms with Gasteiger partial charge in [0.1, 0.15) is 6.10 Å². The van der Waals surface area contributed by atoms with Crippen molar-refractivity contribution < 1.29 is 5.11 Å². The number of aliphatic hydroxyl groups is 1. The van der Waals surface area contributed by atoms with Crippen molar-refractivity contribution in [3.63, 3.8) is 0 Å². The summed E-state index contributed by atoms with van der Waals surface area (Å²) in [4.78, 5) is 4.28. The van der Waals surface area contributed by atoms with E-state index >= 15 is 0 Å². The second kappa shape index (κ2) is 2.82. The topological polar surface area (TPSA) is 32.6 Å². The molecule has 2 nitrogen and oxygen atoms in total. The predicted octanol–water partition coefficient (Wildman–Crippen LogP) is 2.17. The molecule has 1 unspecified atom stereocenters. The minimum absolute atomic E-state index is 0.616. The Morgan fingerprint density at radius 1 is 1.38 bits per heavy atom. The second-order valence-electron chi connectivity index (χ2n) is 3.20. The van der Waals surface area contributed by atoms with Crippen LogP contribution in [0.25, 0.3) is 5.57 Å². The van der Waals surface area contributed by atoms with Crippen LogP contribution in [0.1, 0.15) is 12.5 Å². The summed E-state index contributed by atoms with van der Waals surface area (Å²) in [7, 11) is 0. The van der Waals surface area contributed by atoms with Crippen molar-refractivity contribution in [1.82, 2.24) is 0 Å². The first-order chi connectivity index (χ1) is 6.20. The van der Waals surface area contributed by atoms with Gasteiger partial charge in [-0.1, -0.05) is 24.8 Å². The summed E-state index contributed by atoms with van der Waals surface area (Å²) in [6, 6.07) is 7.71. The van der Waals surface area contributed by atoms with Gasteiger partial charge in [0.2, 0.25) is 0 Å². The molecule has 0 aliphatic carbocycles. The SMILES string of the molecule is C=C1c2ccccc2N=C(C)C1O. The highest BCUT2D eigenvalue weighted by atomic mass is 16.3. The third kappa shape index (κ3) is 1.19. The number of fused-ring (bicyclic) bond motifs is 1. The minimum Gasteiger partial charge on any atom is -0.382 e. The first-order valence-corrected chi connectivity index (χ1v) is 4.21. The highest BCUT2D eigenvalue weighted by Crippen LogP contribution is 2.32. The fourth-order valence-electron chi connectivity index (χ4n) is 1.49. The molecule has 2 rings (SSSR count). The number of benzene rings is 1. The standard InChI is InChI=1S/C11H11NO/c1-7-9-5-3-4-6-10(9)12-8(2)11(7)13/h3-6,11,13H,1H2,2H3. The monoisotopic (exact) mass is 173 g/mol. The molecule has 0 radical (unpaired) electrons. The van der Waals surface area contributed by atoms with Gasteiger partial charge in [0, 0.05) is 11.3 Å². The molecule has 2 heteroatoms. The van der Waals surface area contributed by atoms with Crippen LogP contribution in [-0.4, -0.2) is 16.9 Å². The van der Waals surface area contributed by atoms with E-state index in [0.29, 0.717) is 5.71 Å². The molecule has 0 fully saturated rings. The Kier molecular flexibility index (Phi) is 1.78. The minimum atomic E-state index is -0.616. The Bertz CT molecular complexity index is 393. The molecule has 13 heavy (non-hydrogen) atoms. The van der Waals surface area contributed by atoms with Crippen LogP contribution in [0.2, 0.25) is 0 Å². The van der Waals surface area contributed by atoms with Gasteiger partial charge in [-0.2, -0.15) is 0 Å². The van der Waals surface area contributed by atoms with Crippen molar-refractivity contribution in [1.29, 1.82) is 0 Å². The molecule has 1 aromatic rings. The van der Waals surface area contributed by atoms with E-state index < -0.39 is 6.10 Å². The van der Waals surface area contributed by atoms with Crippen LogP contribution in [0.4, 0.5) is 5.69 Å². The summed E-state index contributed by atoms with van der Waals surface area (Å²) in [5, 5.41) is 9.66. The zero-order valence-electron chi connectivity index (χ0n) is 7.49. The molecule has 0 spiro atoms. The summed E-state index contributed by atoms with van der Waals surface area (Å²) in [5.74, 6) is 0. The quantitative estimate of drug-likeness (QED) is 0.640. The summed E-state index contributed by atoms with van der Waals surface area (Å²) in [5.41, 5.74) is 3.29. The fraction of sp³-hybridized carbons (Fsp3) is 0.182. The number of nitrogens with zero attached hydrogens (tertiary/aromatic N) is 1. The van der Waals surface area contributed by atoms with Crippen LogP contribution < -0.4 is 0 Å². The Balaban J connectivity index is 2.63. The molecule has 1 aliphatic rings. The molecule has 0 amide bonds. The Labute approximate surface area is 77.3 Å². The molecule has 1 N–H and O–H groups in total. The molecule has 66 valence electrons. The molecule has 0 saturated heterocycles. The highest BCUT2D eigenvalue weighted by Gasteiger charge is 2.20. The van der Waals surface area contributed by atoms with Crippen LogP contribution in [0.5, 0.6) is 0 Å². The normalized spacial score (nSPS) is 20.9. The maximum absolute atomic E-state index is 9.66. The van der Waals surface area contributed by atoms with Crippen LogP contribution in [0.3, 0.4) is 0 Å². The van der Waals surface area contributed by atoms with E-state index in [1.54, 1.807) is 0 Å². The van der Waals surface area contributed by atoms with Crippen molar-refractivity contribution in [2.75, 3.05) is 0 Å². The van der Waals surface area contributed by atoms with Gasteiger partial charge < -0.3 is 5.11 Å². The maximum atomic E-state index is 9.66. The van der Waals surface area contributed by atoms with Gasteiger partial charge in [-0.05, 0) is 18.6 Å². The average molecular weight is 173 g/mol. The molecule has 1 heterocycles. The third-order valence-electron chi connectivity index (χ3n) is 2.27. The number of hydrogen-bond donors (Lipinski definition) is 1. The van der Waals surface area contributed by atoms with E-state index in [-0.39, 0.29) is 0 Å². The zero-order valence-corrected chi connectivity index (χ0v) is 7.49. The van der Waals surface area contributed by atoms with Gasteiger partial charge >= 0.3 is 0 Å². The Morgan fingerprint density at radius 3 is 2.85 bits per heavy atom. The lowest BCUT2D eigenvalue weighted by Gasteiger charge is -2.20. The van der Waals surface area contributed by atoms with Crippen molar-refractivity contribution >= 4 is 17.0 Å². The second-order valence-corrected chi connectivity index (χ2v) is 3.20. The lowest BCUT2D eigenvalue weighted by Crippen LogP contribution is -2.21. The first kappa shape index (κ1) is 8.20. The molecule has 0 bridgehead atoms. The molecule has 0 saturated carbocycles. The lowest BCUT2D eigenvalue weighted by atomic mass is 9.95. The lowest BCUT2D eigenvalue weighted by molar-refractivity contribution is 0.296. The third-order valence-corrected chi connectivity index (χ3v) is 2.27. The summed E-state index contributed by atoms with van der Waals surface area (Å²) in [6.45, 7) is 5.67. The van der Waals surface area contributed by atoms with Crippen molar-refractivity contribution in [2.24, 2.45) is 4.99 Å². The number of aliphatic imine (C=N–C) groups is 1. The largest absolute Gasteiger partial charge is 0.382 e. The van der Waals surface area contributed by atoms with E-state index in [1.165, 1.54) is 0 Å².